The van der Waals surface area contributed by atoms with E-state index in [1.54, 1.807) is 36.4 Å². The number of nitrogens with zero attached hydrogens (tertiary/aromatic N) is 2. The van der Waals surface area contributed by atoms with E-state index in [1.807, 2.05) is 59.5 Å². The van der Waals surface area contributed by atoms with Crippen LogP contribution in [0.3, 0.4) is 0 Å². The molecular weight excluding hydrogens is 481 g/mol. The van der Waals surface area contributed by atoms with Crippen LogP contribution in [0.1, 0.15) is 11.1 Å². The summed E-state index contributed by atoms with van der Waals surface area (Å²) in [5.41, 5.74) is 3.37. The van der Waals surface area contributed by atoms with E-state index >= 15 is 0 Å². The van der Waals surface area contributed by atoms with Crippen LogP contribution in [-0.4, -0.2) is 42.9 Å². The maximum absolute atomic E-state index is 12.6. The van der Waals surface area contributed by atoms with Crippen molar-refractivity contribution in [2.45, 2.75) is 0 Å². The normalized spacial score (nSPS) is 14.0. The third-order valence-electron chi connectivity index (χ3n) is 5.66. The Hall–Kier alpha value is -3.54. The second kappa shape index (κ2) is 11.7. The first-order chi connectivity index (χ1) is 17.0. The molecule has 1 N–H and O–H groups in total. The van der Waals surface area contributed by atoms with E-state index in [2.05, 4.69) is 10.2 Å². The zero-order valence-corrected chi connectivity index (χ0v) is 20.5. The summed E-state index contributed by atoms with van der Waals surface area (Å²) in [6.07, 6.45) is 6.65. The molecule has 3 aromatic rings. The van der Waals surface area contributed by atoms with E-state index in [1.165, 1.54) is 6.08 Å². The zero-order valence-electron chi connectivity index (χ0n) is 19.0. The Morgan fingerprint density at radius 2 is 1.37 bits per heavy atom. The van der Waals surface area contributed by atoms with Gasteiger partial charge in [0.25, 0.3) is 0 Å². The van der Waals surface area contributed by atoms with Crippen molar-refractivity contribution in [3.05, 3.63) is 106 Å². The molecule has 1 fully saturated rings. The highest BCUT2D eigenvalue weighted by atomic mass is 35.5. The van der Waals surface area contributed by atoms with Gasteiger partial charge in [-0.2, -0.15) is 0 Å². The van der Waals surface area contributed by atoms with Crippen LogP contribution >= 0.6 is 23.2 Å². The first-order valence-electron chi connectivity index (χ1n) is 11.3. The summed E-state index contributed by atoms with van der Waals surface area (Å²) in [6, 6.07) is 22.4. The van der Waals surface area contributed by atoms with Crippen molar-refractivity contribution in [3.63, 3.8) is 0 Å². The zero-order chi connectivity index (χ0) is 24.6. The monoisotopic (exact) mass is 505 g/mol. The smallest absolute Gasteiger partial charge is 0.248 e. The highest BCUT2D eigenvalue weighted by molar-refractivity contribution is 6.31. The molecule has 1 heterocycles. The van der Waals surface area contributed by atoms with Gasteiger partial charge in [0, 0.05) is 48.4 Å². The highest BCUT2D eigenvalue weighted by Gasteiger charge is 2.22. The highest BCUT2D eigenvalue weighted by Crippen LogP contribution is 2.30. The van der Waals surface area contributed by atoms with Crippen molar-refractivity contribution in [3.8, 4) is 0 Å². The molecule has 0 atom stereocenters. The number of amides is 2. The molecule has 0 unspecified atom stereocenters. The Morgan fingerprint density at radius 3 is 2.09 bits per heavy atom. The van der Waals surface area contributed by atoms with Gasteiger partial charge in [-0.05, 0) is 53.6 Å². The first-order valence-corrected chi connectivity index (χ1v) is 12.0. The van der Waals surface area contributed by atoms with Crippen LogP contribution in [0.5, 0.6) is 0 Å². The summed E-state index contributed by atoms with van der Waals surface area (Å²) in [7, 11) is 0. The Labute approximate surface area is 215 Å². The standard InChI is InChI=1S/C28H25Cl2N3O2/c29-23-10-6-22(7-11-23)8-14-27(34)31-25-20-24(30)12-13-26(25)32-16-18-33(19-17-32)28(35)15-9-21-4-2-1-3-5-21/h1-15,20H,16-19H2,(H,31,34)/b14-8+,15-9+. The van der Waals surface area contributed by atoms with Crippen LogP contribution in [-0.2, 0) is 9.59 Å². The Balaban J connectivity index is 1.38. The van der Waals surface area contributed by atoms with Crippen molar-refractivity contribution >= 4 is 58.5 Å². The number of halogens is 2. The molecule has 1 aliphatic heterocycles. The summed E-state index contributed by atoms with van der Waals surface area (Å²) in [5, 5.41) is 4.11. The molecule has 5 nitrogen and oxygen atoms in total. The molecule has 0 aromatic heterocycles. The average Bonchev–Trinajstić information content (AvgIpc) is 2.88. The molecule has 1 saturated heterocycles. The van der Waals surface area contributed by atoms with Gasteiger partial charge in [0.1, 0.15) is 0 Å². The molecule has 0 bridgehead atoms. The first kappa shape index (κ1) is 24.6. The molecule has 0 aliphatic carbocycles. The molecule has 0 spiro atoms. The molecular formula is C28H25Cl2N3O2. The van der Waals surface area contributed by atoms with Crippen LogP contribution in [0.2, 0.25) is 10.0 Å². The van der Waals surface area contributed by atoms with Crippen molar-refractivity contribution < 1.29 is 9.59 Å². The Bertz CT molecular complexity index is 1230. The summed E-state index contributed by atoms with van der Waals surface area (Å²) in [5.74, 6) is -0.270. The summed E-state index contributed by atoms with van der Waals surface area (Å²) in [6.45, 7) is 2.47. The molecule has 4 rings (SSSR count). The van der Waals surface area contributed by atoms with Crippen LogP contribution in [0.25, 0.3) is 12.2 Å². The van der Waals surface area contributed by atoms with E-state index in [0.29, 0.717) is 41.9 Å². The maximum atomic E-state index is 12.6. The Morgan fingerprint density at radius 1 is 0.743 bits per heavy atom. The lowest BCUT2D eigenvalue weighted by atomic mass is 10.2. The number of carbonyl (C=O) groups is 2. The second-order valence-electron chi connectivity index (χ2n) is 8.09. The average molecular weight is 506 g/mol. The van der Waals surface area contributed by atoms with Gasteiger partial charge in [-0.1, -0.05) is 65.7 Å². The molecule has 3 aromatic carbocycles. The molecule has 7 heteroatoms. The lowest BCUT2D eigenvalue weighted by molar-refractivity contribution is -0.126. The van der Waals surface area contributed by atoms with Crippen LogP contribution in [0.4, 0.5) is 11.4 Å². The molecule has 35 heavy (non-hydrogen) atoms. The largest absolute Gasteiger partial charge is 0.366 e. The van der Waals surface area contributed by atoms with Crippen molar-refractivity contribution in [2.24, 2.45) is 0 Å². The number of hydrogen-bond donors (Lipinski definition) is 1. The van der Waals surface area contributed by atoms with Gasteiger partial charge in [0.2, 0.25) is 11.8 Å². The van der Waals surface area contributed by atoms with Crippen molar-refractivity contribution in [1.82, 2.24) is 4.90 Å². The SMILES string of the molecule is O=C(/C=C/c1ccc(Cl)cc1)Nc1cc(Cl)ccc1N1CCN(C(=O)/C=C/c2ccccc2)CC1. The molecule has 0 radical (unpaired) electrons. The minimum absolute atomic E-state index is 0.00882. The van der Waals surface area contributed by atoms with Gasteiger partial charge >= 0.3 is 0 Å². The minimum atomic E-state index is -0.261. The van der Waals surface area contributed by atoms with Gasteiger partial charge in [0.05, 0.1) is 11.4 Å². The summed E-state index contributed by atoms with van der Waals surface area (Å²) in [4.78, 5) is 29.2. The minimum Gasteiger partial charge on any atom is -0.366 e. The predicted molar refractivity (Wildman–Crippen MR) is 145 cm³/mol. The van der Waals surface area contributed by atoms with E-state index in [-0.39, 0.29) is 11.8 Å². The Kier molecular flexibility index (Phi) is 8.24. The van der Waals surface area contributed by atoms with Gasteiger partial charge in [0.15, 0.2) is 0 Å². The van der Waals surface area contributed by atoms with Crippen LogP contribution in [0, 0.1) is 0 Å². The third kappa shape index (κ3) is 6.98. The second-order valence-corrected chi connectivity index (χ2v) is 8.96. The molecule has 178 valence electrons. The van der Waals surface area contributed by atoms with Gasteiger partial charge in [-0.25, -0.2) is 0 Å². The molecule has 1 aliphatic rings. The predicted octanol–water partition coefficient (Wildman–Crippen LogP) is 6.01. The number of hydrogen-bond acceptors (Lipinski definition) is 3. The number of anilines is 2. The number of benzene rings is 3. The van der Waals surface area contributed by atoms with E-state index in [0.717, 1.165) is 16.8 Å². The number of rotatable bonds is 6. The number of piperazine rings is 1. The number of carbonyl (C=O) groups excluding carboxylic acids is 2. The van der Waals surface area contributed by atoms with Crippen molar-refractivity contribution in [2.75, 3.05) is 36.4 Å². The van der Waals surface area contributed by atoms with Gasteiger partial charge < -0.3 is 15.1 Å². The lowest BCUT2D eigenvalue weighted by Gasteiger charge is -2.36. The molecule has 2 amide bonds. The van der Waals surface area contributed by atoms with Gasteiger partial charge in [-0.3, -0.25) is 9.59 Å². The van der Waals surface area contributed by atoms with Crippen LogP contribution < -0.4 is 10.2 Å². The quantitative estimate of drug-likeness (QED) is 0.417. The maximum Gasteiger partial charge on any atom is 0.248 e. The summed E-state index contributed by atoms with van der Waals surface area (Å²) >= 11 is 12.1. The fourth-order valence-corrected chi connectivity index (χ4v) is 4.11. The third-order valence-corrected chi connectivity index (χ3v) is 6.15. The van der Waals surface area contributed by atoms with E-state index < -0.39 is 0 Å². The fourth-order valence-electron chi connectivity index (χ4n) is 3.81. The lowest BCUT2D eigenvalue weighted by Crippen LogP contribution is -2.48. The number of nitrogens with one attached hydrogen (secondary N) is 1. The fraction of sp³-hybridized carbons (Fsp3) is 0.143. The van der Waals surface area contributed by atoms with E-state index in [9.17, 15) is 9.59 Å². The van der Waals surface area contributed by atoms with Gasteiger partial charge in [-0.15, -0.1) is 0 Å². The summed E-state index contributed by atoms with van der Waals surface area (Å²) < 4.78 is 0. The van der Waals surface area contributed by atoms with Crippen LogP contribution in [0.15, 0.2) is 84.9 Å². The van der Waals surface area contributed by atoms with E-state index in [4.69, 9.17) is 23.2 Å². The topological polar surface area (TPSA) is 52.7 Å². The van der Waals surface area contributed by atoms with Crippen molar-refractivity contribution in [1.29, 1.82) is 0 Å². The molecule has 0 saturated carbocycles.